The Kier molecular flexibility index (Phi) is 6.27. The van der Waals surface area contributed by atoms with Gasteiger partial charge in [0.15, 0.2) is 0 Å². The van der Waals surface area contributed by atoms with E-state index in [1.165, 1.54) is 32.1 Å². The summed E-state index contributed by atoms with van der Waals surface area (Å²) in [6.45, 7) is 8.63. The molecule has 4 nitrogen and oxygen atoms in total. The Hall–Kier alpha value is -1.32. The molecule has 1 N–H and O–H groups in total. The molecule has 0 aromatic carbocycles. The summed E-state index contributed by atoms with van der Waals surface area (Å²) in [7, 11) is 0. The molecule has 21 heavy (non-hydrogen) atoms. The average molecular weight is 290 g/mol. The Morgan fingerprint density at radius 1 is 1.19 bits per heavy atom. The predicted octanol–water partition coefficient (Wildman–Crippen LogP) is 4.02. The number of hydrogen-bond donors (Lipinski definition) is 1. The normalized spacial score (nSPS) is 19.4. The third kappa shape index (κ3) is 4.32. The third-order valence-corrected chi connectivity index (χ3v) is 4.23. The quantitative estimate of drug-likeness (QED) is 0.859. The minimum absolute atomic E-state index is 0.631. The van der Waals surface area contributed by atoms with Crippen LogP contribution in [-0.2, 0) is 6.42 Å². The average Bonchev–Trinajstić information content (AvgIpc) is 2.73. The van der Waals surface area contributed by atoms with Crippen molar-refractivity contribution in [2.24, 2.45) is 0 Å². The summed E-state index contributed by atoms with van der Waals surface area (Å²) in [5, 5.41) is 3.36. The summed E-state index contributed by atoms with van der Waals surface area (Å²) in [5.41, 5.74) is 0. The topological polar surface area (TPSA) is 41.1 Å². The van der Waals surface area contributed by atoms with Crippen LogP contribution in [0.3, 0.4) is 0 Å². The van der Waals surface area contributed by atoms with E-state index in [-0.39, 0.29) is 0 Å². The number of aromatic nitrogens is 2. The first-order chi connectivity index (χ1) is 10.3. The van der Waals surface area contributed by atoms with Gasteiger partial charge in [-0.05, 0) is 32.6 Å². The van der Waals surface area contributed by atoms with Gasteiger partial charge in [-0.2, -0.15) is 0 Å². The van der Waals surface area contributed by atoms with Gasteiger partial charge in [0.1, 0.15) is 17.5 Å². The van der Waals surface area contributed by atoms with E-state index in [0.29, 0.717) is 6.04 Å². The molecule has 1 aromatic rings. The molecule has 4 heteroatoms. The summed E-state index contributed by atoms with van der Waals surface area (Å²) in [4.78, 5) is 12.0. The van der Waals surface area contributed by atoms with E-state index in [2.05, 4.69) is 42.0 Å². The SMILES string of the molecule is CCCc1nc(NCC)cc(N2CCCCCC2CC)n1. The van der Waals surface area contributed by atoms with Crippen LogP contribution in [0.1, 0.15) is 65.1 Å². The van der Waals surface area contributed by atoms with Gasteiger partial charge in [-0.25, -0.2) is 9.97 Å². The van der Waals surface area contributed by atoms with Gasteiger partial charge in [-0.3, -0.25) is 0 Å². The van der Waals surface area contributed by atoms with Crippen LogP contribution in [0.2, 0.25) is 0 Å². The van der Waals surface area contributed by atoms with Gasteiger partial charge >= 0.3 is 0 Å². The number of rotatable bonds is 6. The first kappa shape index (κ1) is 16.1. The van der Waals surface area contributed by atoms with E-state index in [4.69, 9.17) is 4.98 Å². The molecule has 1 unspecified atom stereocenters. The van der Waals surface area contributed by atoms with Crippen LogP contribution in [0.15, 0.2) is 6.07 Å². The zero-order chi connectivity index (χ0) is 15.1. The van der Waals surface area contributed by atoms with Crippen molar-refractivity contribution in [1.29, 1.82) is 0 Å². The molecule has 2 rings (SSSR count). The van der Waals surface area contributed by atoms with Crippen LogP contribution in [0, 0.1) is 0 Å². The lowest BCUT2D eigenvalue weighted by molar-refractivity contribution is 0.551. The van der Waals surface area contributed by atoms with Crippen LogP contribution in [0.5, 0.6) is 0 Å². The molecule has 1 aliphatic rings. The van der Waals surface area contributed by atoms with Crippen molar-refractivity contribution >= 4 is 11.6 Å². The zero-order valence-electron chi connectivity index (χ0n) is 13.9. The highest BCUT2D eigenvalue weighted by molar-refractivity contribution is 5.50. The number of nitrogens with one attached hydrogen (secondary N) is 1. The summed E-state index contributed by atoms with van der Waals surface area (Å²) < 4.78 is 0. The Morgan fingerprint density at radius 2 is 2.05 bits per heavy atom. The lowest BCUT2D eigenvalue weighted by Gasteiger charge is -2.31. The number of anilines is 2. The maximum Gasteiger partial charge on any atom is 0.134 e. The standard InChI is InChI=1S/C17H30N4/c1-4-10-15-19-16(18-6-3)13-17(20-15)21-12-9-7-8-11-14(21)5-2/h13-14H,4-12H2,1-3H3,(H,18,19,20). The third-order valence-electron chi connectivity index (χ3n) is 4.23. The molecule has 2 heterocycles. The first-order valence-corrected chi connectivity index (χ1v) is 8.66. The van der Waals surface area contributed by atoms with Crippen LogP contribution in [0.4, 0.5) is 11.6 Å². The number of nitrogens with zero attached hydrogens (tertiary/aromatic N) is 3. The van der Waals surface area contributed by atoms with Crippen molar-refractivity contribution in [2.75, 3.05) is 23.3 Å². The molecule has 0 bridgehead atoms. The summed E-state index contributed by atoms with van der Waals surface area (Å²) in [5.74, 6) is 3.08. The fraction of sp³-hybridized carbons (Fsp3) is 0.765. The minimum Gasteiger partial charge on any atom is -0.370 e. The monoisotopic (exact) mass is 290 g/mol. The molecular formula is C17H30N4. The van der Waals surface area contributed by atoms with Gasteiger partial charge in [-0.15, -0.1) is 0 Å². The summed E-state index contributed by atoms with van der Waals surface area (Å²) in [6.07, 6.45) is 8.51. The molecule has 1 saturated heterocycles. The maximum absolute atomic E-state index is 4.84. The van der Waals surface area contributed by atoms with Crippen LogP contribution < -0.4 is 10.2 Å². The van der Waals surface area contributed by atoms with Crippen molar-refractivity contribution in [3.8, 4) is 0 Å². The lowest BCUT2D eigenvalue weighted by atomic mass is 10.1. The Morgan fingerprint density at radius 3 is 2.76 bits per heavy atom. The minimum atomic E-state index is 0.631. The molecule has 1 atom stereocenters. The van der Waals surface area contributed by atoms with Crippen molar-refractivity contribution < 1.29 is 0 Å². The molecule has 1 fully saturated rings. The molecule has 0 amide bonds. The van der Waals surface area contributed by atoms with E-state index >= 15 is 0 Å². The molecule has 0 spiro atoms. The van der Waals surface area contributed by atoms with Crippen LogP contribution >= 0.6 is 0 Å². The highest BCUT2D eigenvalue weighted by Gasteiger charge is 2.21. The zero-order valence-corrected chi connectivity index (χ0v) is 13.9. The van der Waals surface area contributed by atoms with Gasteiger partial charge in [0.2, 0.25) is 0 Å². The van der Waals surface area contributed by atoms with Crippen molar-refractivity contribution in [2.45, 2.75) is 71.8 Å². The van der Waals surface area contributed by atoms with Crippen LogP contribution in [0.25, 0.3) is 0 Å². The molecule has 118 valence electrons. The molecule has 1 aliphatic heterocycles. The Labute approximate surface area is 129 Å². The molecular weight excluding hydrogens is 260 g/mol. The highest BCUT2D eigenvalue weighted by atomic mass is 15.2. The van der Waals surface area contributed by atoms with Crippen molar-refractivity contribution in [3.05, 3.63) is 11.9 Å². The molecule has 0 saturated carbocycles. The number of hydrogen-bond acceptors (Lipinski definition) is 4. The first-order valence-electron chi connectivity index (χ1n) is 8.66. The fourth-order valence-electron chi connectivity index (χ4n) is 3.14. The van der Waals surface area contributed by atoms with Gasteiger partial charge in [0.25, 0.3) is 0 Å². The van der Waals surface area contributed by atoms with Crippen LogP contribution in [-0.4, -0.2) is 29.1 Å². The summed E-state index contributed by atoms with van der Waals surface area (Å²) in [6, 6.07) is 2.77. The van der Waals surface area contributed by atoms with E-state index in [1.54, 1.807) is 0 Å². The predicted molar refractivity (Wildman–Crippen MR) is 90.1 cm³/mol. The Bertz CT molecular complexity index is 409. The second-order valence-electron chi connectivity index (χ2n) is 5.91. The van der Waals surface area contributed by atoms with Gasteiger partial charge in [0, 0.05) is 31.6 Å². The van der Waals surface area contributed by atoms with Gasteiger partial charge < -0.3 is 10.2 Å². The van der Waals surface area contributed by atoms with E-state index in [0.717, 1.165) is 43.4 Å². The largest absolute Gasteiger partial charge is 0.370 e. The number of aryl methyl sites for hydroxylation is 1. The summed E-state index contributed by atoms with van der Waals surface area (Å²) >= 11 is 0. The molecule has 0 radical (unpaired) electrons. The second-order valence-corrected chi connectivity index (χ2v) is 5.91. The molecule has 1 aromatic heterocycles. The van der Waals surface area contributed by atoms with Gasteiger partial charge in [-0.1, -0.05) is 26.7 Å². The fourth-order valence-corrected chi connectivity index (χ4v) is 3.14. The smallest absolute Gasteiger partial charge is 0.134 e. The Balaban J connectivity index is 2.29. The molecule has 0 aliphatic carbocycles. The van der Waals surface area contributed by atoms with E-state index in [9.17, 15) is 0 Å². The maximum atomic E-state index is 4.84. The van der Waals surface area contributed by atoms with E-state index in [1.807, 2.05) is 0 Å². The van der Waals surface area contributed by atoms with E-state index < -0.39 is 0 Å². The lowest BCUT2D eigenvalue weighted by Crippen LogP contribution is -2.35. The van der Waals surface area contributed by atoms with Gasteiger partial charge in [0.05, 0.1) is 0 Å². The highest BCUT2D eigenvalue weighted by Crippen LogP contribution is 2.26. The second kappa shape index (κ2) is 8.20. The van der Waals surface area contributed by atoms with Crippen molar-refractivity contribution in [3.63, 3.8) is 0 Å². The van der Waals surface area contributed by atoms with Crippen molar-refractivity contribution in [1.82, 2.24) is 9.97 Å².